The molecule has 0 saturated carbocycles. The number of halogens is 7. The van der Waals surface area contributed by atoms with Gasteiger partial charge in [0.2, 0.25) is 0 Å². The van der Waals surface area contributed by atoms with E-state index in [2.05, 4.69) is 222 Å². The Balaban J connectivity index is 0.000000521. The monoisotopic (exact) mass is 1230 g/mol. The Kier molecular flexibility index (Phi) is 32.7. The minimum Gasteiger partial charge on any atom is -0.406 e. The van der Waals surface area contributed by atoms with Gasteiger partial charge in [-0.3, -0.25) is 0 Å². The molecule has 0 unspecified atom stereocenters. The van der Waals surface area contributed by atoms with Crippen molar-refractivity contribution in [1.29, 1.82) is 0 Å². The average molecular weight is 1240 g/mol. The SMILES string of the molecule is CC(C)(C)Cc1cc(F)cc(F)c1.CC(C)(C)Cc1ccc(OC(F)(F)F)cc1.CC(C)(C)Cc1cccc(F)c1.CC(C)(C)Cc1ccccc1.Cc1cc(CC(C)(C)C)ccc1F.Cc1ccc(CC(C)(C)C)cc1.Cc1ccc(CC(C)(C)C)cc1. The predicted octanol–water partition coefficient (Wildman–Crippen LogP) is 25.3. The minimum atomic E-state index is -4.62. The van der Waals surface area contributed by atoms with Crippen LogP contribution in [0.2, 0.25) is 0 Å². The standard InChI is InChI=1S/C12H15F3O.C12H17F.2C12H18.C11H14F2.C11H15F.C11H16/c1-11(2,3)8-9-4-6-10(7-5-9)16-12(13,14)15;1-9-7-10(5-6-11(9)13)8-12(2,3)4;2*1-10-5-7-11(8-6-10)9-12(2,3)4;1-11(2,3)7-8-4-9(12)6-10(13)5-8;1-11(2,3)8-9-5-4-6-10(12)7-9;1-11(2,3)9-10-7-5-4-6-8-10/h4-7H,8H2,1-3H3;5-7H,8H2,1-4H3;2*5-8H,9H2,1-4H3;4-6H,7H2,1-3H3;4-7H,8H2,1-3H3;4-8H,9H2,1-3H3. The molecule has 0 amide bonds. The molecule has 0 aliphatic carbocycles. The Hall–Kier alpha value is -6.15. The first kappa shape index (κ1) is 80.9. The number of alkyl halides is 3. The first-order valence-electron chi connectivity index (χ1n) is 31.3. The van der Waals surface area contributed by atoms with Crippen molar-refractivity contribution < 1.29 is 35.5 Å². The molecule has 0 spiro atoms. The summed E-state index contributed by atoms with van der Waals surface area (Å²) >= 11 is 0. The van der Waals surface area contributed by atoms with E-state index < -0.39 is 18.0 Å². The lowest BCUT2D eigenvalue weighted by atomic mass is 9.88. The fourth-order valence-electron chi connectivity index (χ4n) is 9.28. The normalized spacial score (nSPS) is 11.9. The molecule has 8 heteroatoms. The van der Waals surface area contributed by atoms with E-state index in [1.807, 2.05) is 45.9 Å². The van der Waals surface area contributed by atoms with Crippen molar-refractivity contribution >= 4 is 0 Å². The molecule has 0 N–H and O–H groups in total. The van der Waals surface area contributed by atoms with Crippen LogP contribution < -0.4 is 4.74 Å². The van der Waals surface area contributed by atoms with Crippen LogP contribution in [0.3, 0.4) is 0 Å². The molecule has 0 heterocycles. The molecule has 0 aliphatic rings. The van der Waals surface area contributed by atoms with Gasteiger partial charge in [0.1, 0.15) is 29.0 Å². The molecule has 7 aromatic carbocycles. The fourth-order valence-corrected chi connectivity index (χ4v) is 9.28. The Morgan fingerprint density at radius 1 is 0.270 bits per heavy atom. The highest BCUT2D eigenvalue weighted by atomic mass is 19.4. The summed E-state index contributed by atoms with van der Waals surface area (Å²) in [6, 6.07) is 50.1. The van der Waals surface area contributed by atoms with Gasteiger partial charge in [-0.2, -0.15) is 0 Å². The first-order chi connectivity index (χ1) is 40.4. The maximum Gasteiger partial charge on any atom is 0.573 e. The second-order valence-corrected chi connectivity index (χ2v) is 32.3. The Morgan fingerprint density at radius 2 is 0.551 bits per heavy atom. The summed E-state index contributed by atoms with van der Waals surface area (Å²) in [5, 5.41) is 0. The second-order valence-electron chi connectivity index (χ2n) is 32.3. The number of aryl methyl sites for hydroxylation is 3. The van der Waals surface area contributed by atoms with Gasteiger partial charge in [-0.15, -0.1) is 13.2 Å². The zero-order valence-corrected chi connectivity index (χ0v) is 59.1. The van der Waals surface area contributed by atoms with Gasteiger partial charge in [0.25, 0.3) is 0 Å². The van der Waals surface area contributed by atoms with Crippen LogP contribution >= 0.6 is 0 Å². The molecule has 0 aromatic heterocycles. The van der Waals surface area contributed by atoms with Gasteiger partial charge in [0.15, 0.2) is 0 Å². The van der Waals surface area contributed by atoms with Crippen molar-refractivity contribution in [3.8, 4) is 5.75 Å². The first-order valence-corrected chi connectivity index (χ1v) is 31.3. The van der Waals surface area contributed by atoms with Crippen LogP contribution in [0.5, 0.6) is 5.75 Å². The van der Waals surface area contributed by atoms with E-state index in [1.54, 1.807) is 30.3 Å². The number of benzene rings is 7. The molecule has 0 atom stereocenters. The Morgan fingerprint density at radius 3 is 0.876 bits per heavy atom. The van der Waals surface area contributed by atoms with E-state index in [-0.39, 0.29) is 39.0 Å². The topological polar surface area (TPSA) is 9.23 Å². The molecule has 7 rings (SSSR count). The van der Waals surface area contributed by atoms with E-state index in [4.69, 9.17) is 0 Å². The van der Waals surface area contributed by atoms with Gasteiger partial charge in [-0.25, -0.2) is 17.6 Å². The van der Waals surface area contributed by atoms with Gasteiger partial charge in [0, 0.05) is 6.07 Å². The van der Waals surface area contributed by atoms with Gasteiger partial charge >= 0.3 is 6.36 Å². The van der Waals surface area contributed by atoms with E-state index >= 15 is 0 Å². The number of ether oxygens (including phenoxy) is 1. The third-order valence-corrected chi connectivity index (χ3v) is 12.4. The third kappa shape index (κ3) is 45.7. The summed E-state index contributed by atoms with van der Waals surface area (Å²) in [5.74, 6) is -1.43. The largest absolute Gasteiger partial charge is 0.573 e. The van der Waals surface area contributed by atoms with Crippen LogP contribution in [-0.4, -0.2) is 6.36 Å². The lowest BCUT2D eigenvalue weighted by Gasteiger charge is -2.18. The van der Waals surface area contributed by atoms with Crippen LogP contribution in [0.15, 0.2) is 164 Å². The highest BCUT2D eigenvalue weighted by molar-refractivity contribution is 5.29. The van der Waals surface area contributed by atoms with Gasteiger partial charge in [0.05, 0.1) is 0 Å². The maximum atomic E-state index is 12.9. The maximum absolute atomic E-state index is 12.9. The molecule has 0 saturated heterocycles. The smallest absolute Gasteiger partial charge is 0.406 e. The molecular weight excluding hydrogens is 1120 g/mol. The second kappa shape index (κ2) is 36.0. The van der Waals surface area contributed by atoms with E-state index in [0.717, 1.165) is 61.3 Å². The van der Waals surface area contributed by atoms with Gasteiger partial charge < -0.3 is 4.74 Å². The third-order valence-electron chi connectivity index (χ3n) is 12.4. The van der Waals surface area contributed by atoms with E-state index in [9.17, 15) is 30.7 Å². The highest BCUT2D eigenvalue weighted by Gasteiger charge is 2.31. The number of rotatable bonds is 8. The molecule has 0 fully saturated rings. The Labute approximate surface area is 536 Å². The van der Waals surface area contributed by atoms with Crippen molar-refractivity contribution in [1.82, 2.24) is 0 Å². The molecule has 1 nitrogen and oxygen atoms in total. The van der Waals surface area contributed by atoms with Crippen molar-refractivity contribution in [2.45, 2.75) is 217 Å². The summed E-state index contributed by atoms with van der Waals surface area (Å²) in [5.41, 5.74) is 13.6. The summed E-state index contributed by atoms with van der Waals surface area (Å²) in [4.78, 5) is 0. The van der Waals surface area contributed by atoms with Gasteiger partial charge in [-0.05, 0) is 191 Å². The zero-order chi connectivity index (χ0) is 68.4. The highest BCUT2D eigenvalue weighted by Crippen LogP contribution is 2.28. The van der Waals surface area contributed by atoms with Crippen molar-refractivity contribution in [2.75, 3.05) is 0 Å². The summed E-state index contributed by atoms with van der Waals surface area (Å²) in [6.45, 7) is 51.8. The van der Waals surface area contributed by atoms with Crippen molar-refractivity contribution in [3.05, 3.63) is 243 Å². The molecule has 0 radical (unpaired) electrons. The quantitative estimate of drug-likeness (QED) is 0.138. The van der Waals surface area contributed by atoms with E-state index in [0.29, 0.717) is 28.2 Å². The van der Waals surface area contributed by atoms with Crippen LogP contribution in [0.1, 0.15) is 201 Å². The fraction of sp³-hybridized carbons (Fsp3) is 0.481. The minimum absolute atomic E-state index is 0.0558. The predicted molar refractivity (Wildman–Crippen MR) is 368 cm³/mol. The Bertz CT molecular complexity index is 2940. The number of hydrogen-bond acceptors (Lipinski definition) is 1. The molecule has 492 valence electrons. The summed E-state index contributed by atoms with van der Waals surface area (Å²) in [7, 11) is 0. The van der Waals surface area contributed by atoms with Crippen LogP contribution in [0, 0.1) is 81.9 Å². The molecule has 7 aromatic rings. The van der Waals surface area contributed by atoms with Crippen molar-refractivity contribution in [2.24, 2.45) is 37.9 Å². The van der Waals surface area contributed by atoms with Crippen LogP contribution in [-0.2, 0) is 44.9 Å². The molecular formula is C81H113F7O. The molecule has 0 aliphatic heterocycles. The van der Waals surface area contributed by atoms with E-state index in [1.165, 1.54) is 63.7 Å². The summed E-state index contributed by atoms with van der Waals surface area (Å²) < 4.78 is 90.7. The van der Waals surface area contributed by atoms with Gasteiger partial charge in [-0.1, -0.05) is 272 Å². The zero-order valence-electron chi connectivity index (χ0n) is 59.1. The molecule has 89 heavy (non-hydrogen) atoms. The van der Waals surface area contributed by atoms with Crippen LogP contribution in [0.4, 0.5) is 30.7 Å². The van der Waals surface area contributed by atoms with Crippen molar-refractivity contribution in [3.63, 3.8) is 0 Å². The lowest BCUT2D eigenvalue weighted by molar-refractivity contribution is -0.274. The molecule has 0 bridgehead atoms. The van der Waals surface area contributed by atoms with Crippen LogP contribution in [0.25, 0.3) is 0 Å². The lowest BCUT2D eigenvalue weighted by Crippen LogP contribution is -2.17. The summed E-state index contributed by atoms with van der Waals surface area (Å²) in [6.07, 6.45) is 2.28. The average Bonchev–Trinajstić information content (AvgIpc) is 2.64. The number of hydrogen-bond donors (Lipinski definition) is 0.